The number of hydrogen-bond acceptors (Lipinski definition) is 1. The maximum Gasteiger partial charge on any atom is 0.419 e. The first-order chi connectivity index (χ1) is 9.41. The van der Waals surface area contributed by atoms with Crippen LogP contribution in [0.1, 0.15) is 42.7 Å². The molecule has 21 heavy (non-hydrogen) atoms. The molecule has 2 fully saturated rings. The lowest BCUT2D eigenvalue weighted by atomic mass is 9.56. The number of nitrogens with one attached hydrogen (secondary N) is 1. The van der Waals surface area contributed by atoms with Crippen LogP contribution in [0, 0.1) is 11.2 Å². The zero-order valence-corrected chi connectivity index (χ0v) is 12.3. The molecule has 1 N–H and O–H groups in total. The van der Waals surface area contributed by atoms with Crippen LogP contribution in [0.3, 0.4) is 0 Å². The van der Waals surface area contributed by atoms with Crippen LogP contribution in [0.15, 0.2) is 18.2 Å². The van der Waals surface area contributed by atoms with Crippen molar-refractivity contribution < 1.29 is 17.6 Å². The second kappa shape index (κ2) is 5.76. The highest BCUT2D eigenvalue weighted by Gasteiger charge is 2.46. The minimum Gasteiger partial charge on any atom is -0.317 e. The van der Waals surface area contributed by atoms with Crippen LogP contribution in [-0.2, 0) is 6.18 Å². The summed E-state index contributed by atoms with van der Waals surface area (Å²) in [5.74, 6) is -1.14. The van der Waals surface area contributed by atoms with E-state index in [1.807, 2.05) is 0 Å². The van der Waals surface area contributed by atoms with Gasteiger partial charge in [0.25, 0.3) is 0 Å². The van der Waals surface area contributed by atoms with Gasteiger partial charge in [0.05, 0.1) is 5.56 Å². The lowest BCUT2D eigenvalue weighted by molar-refractivity contribution is -0.140. The van der Waals surface area contributed by atoms with E-state index < -0.39 is 17.6 Å². The Kier molecular flexibility index (Phi) is 4.54. The second-order valence-electron chi connectivity index (χ2n) is 6.06. The summed E-state index contributed by atoms with van der Waals surface area (Å²) in [7, 11) is 0. The zero-order valence-electron chi connectivity index (χ0n) is 11.5. The molecular formula is C15H18ClF4N. The Morgan fingerprint density at radius 3 is 2.29 bits per heavy atom. The molecule has 0 amide bonds. The van der Waals surface area contributed by atoms with Gasteiger partial charge in [-0.3, -0.25) is 0 Å². The highest BCUT2D eigenvalue weighted by molar-refractivity contribution is 5.85. The maximum atomic E-state index is 14.1. The van der Waals surface area contributed by atoms with Gasteiger partial charge in [-0.1, -0.05) is 12.1 Å². The number of benzene rings is 1. The van der Waals surface area contributed by atoms with Gasteiger partial charge < -0.3 is 5.32 Å². The third-order valence-electron chi connectivity index (χ3n) is 4.80. The number of alkyl halides is 3. The molecule has 1 aliphatic heterocycles. The highest BCUT2D eigenvalue weighted by Crippen LogP contribution is 2.56. The SMILES string of the molecule is Cl.Fc1c(C2CC3(CCNCC3)C2)cccc1C(F)(F)F. The molecule has 118 valence electrons. The molecule has 1 nitrogen and oxygen atoms in total. The van der Waals surface area contributed by atoms with Crippen molar-refractivity contribution in [1.82, 2.24) is 5.32 Å². The lowest BCUT2D eigenvalue weighted by Crippen LogP contribution is -2.44. The smallest absolute Gasteiger partial charge is 0.317 e. The van der Waals surface area contributed by atoms with Crippen molar-refractivity contribution in [2.24, 2.45) is 5.41 Å². The molecule has 1 heterocycles. The molecular weight excluding hydrogens is 306 g/mol. The van der Waals surface area contributed by atoms with Crippen LogP contribution in [0.5, 0.6) is 0 Å². The van der Waals surface area contributed by atoms with E-state index in [4.69, 9.17) is 0 Å². The van der Waals surface area contributed by atoms with Crippen molar-refractivity contribution in [3.8, 4) is 0 Å². The Balaban J connectivity index is 0.00000161. The van der Waals surface area contributed by atoms with Crippen LogP contribution >= 0.6 is 12.4 Å². The van der Waals surface area contributed by atoms with Crippen molar-refractivity contribution >= 4 is 12.4 Å². The summed E-state index contributed by atoms with van der Waals surface area (Å²) in [4.78, 5) is 0. The molecule has 3 rings (SSSR count). The van der Waals surface area contributed by atoms with Crippen LogP contribution < -0.4 is 5.32 Å². The van der Waals surface area contributed by atoms with E-state index in [9.17, 15) is 17.6 Å². The summed E-state index contributed by atoms with van der Waals surface area (Å²) in [5.41, 5.74) is -0.665. The number of hydrogen-bond donors (Lipinski definition) is 1. The summed E-state index contributed by atoms with van der Waals surface area (Å²) in [6, 6.07) is 3.63. The van der Waals surface area contributed by atoms with Crippen molar-refractivity contribution in [2.45, 2.75) is 37.8 Å². The Morgan fingerprint density at radius 2 is 1.71 bits per heavy atom. The monoisotopic (exact) mass is 323 g/mol. The molecule has 1 saturated carbocycles. The molecule has 1 aromatic carbocycles. The first-order valence-corrected chi connectivity index (χ1v) is 6.98. The predicted molar refractivity (Wildman–Crippen MR) is 75.2 cm³/mol. The molecule has 0 unspecified atom stereocenters. The number of rotatable bonds is 1. The lowest BCUT2D eigenvalue weighted by Gasteiger charge is -2.50. The van der Waals surface area contributed by atoms with Crippen molar-refractivity contribution in [3.05, 3.63) is 35.1 Å². The van der Waals surface area contributed by atoms with E-state index in [0.29, 0.717) is 0 Å². The Bertz CT molecular complexity index is 501. The van der Waals surface area contributed by atoms with E-state index in [-0.39, 0.29) is 29.3 Å². The first kappa shape index (κ1) is 16.6. The fraction of sp³-hybridized carbons (Fsp3) is 0.600. The highest BCUT2D eigenvalue weighted by atomic mass is 35.5. The van der Waals surface area contributed by atoms with Crippen molar-refractivity contribution in [3.63, 3.8) is 0 Å². The normalized spacial score (nSPS) is 21.7. The number of piperidine rings is 1. The van der Waals surface area contributed by atoms with Gasteiger partial charge >= 0.3 is 6.18 Å². The Labute approximate surface area is 127 Å². The van der Waals surface area contributed by atoms with Gasteiger partial charge in [-0.05, 0) is 61.7 Å². The topological polar surface area (TPSA) is 12.0 Å². The summed E-state index contributed by atoms with van der Waals surface area (Å²) in [6.45, 7) is 1.91. The van der Waals surface area contributed by atoms with Crippen LogP contribution in [-0.4, -0.2) is 13.1 Å². The largest absolute Gasteiger partial charge is 0.419 e. The molecule has 1 spiro atoms. The molecule has 0 aromatic heterocycles. The third kappa shape index (κ3) is 3.04. The molecule has 2 aliphatic rings. The molecule has 1 saturated heterocycles. The maximum absolute atomic E-state index is 14.1. The number of halogens is 5. The predicted octanol–water partition coefficient (Wildman–Crippen LogP) is 4.51. The van der Waals surface area contributed by atoms with Crippen LogP contribution in [0.4, 0.5) is 17.6 Å². The molecule has 0 atom stereocenters. The van der Waals surface area contributed by atoms with Crippen LogP contribution in [0.2, 0.25) is 0 Å². The van der Waals surface area contributed by atoms with E-state index in [1.165, 1.54) is 12.1 Å². The fourth-order valence-electron chi connectivity index (χ4n) is 3.65. The van der Waals surface area contributed by atoms with E-state index in [2.05, 4.69) is 5.32 Å². The van der Waals surface area contributed by atoms with Crippen molar-refractivity contribution in [1.29, 1.82) is 0 Å². The first-order valence-electron chi connectivity index (χ1n) is 6.98. The minimum absolute atomic E-state index is 0. The zero-order chi connectivity index (χ0) is 14.4. The average Bonchev–Trinajstić information content (AvgIpc) is 2.36. The standard InChI is InChI=1S/C15H17F4N.ClH/c16-13-11(2-1-3-12(13)15(17,18)19)10-8-14(9-10)4-6-20-7-5-14;/h1-3,10,20H,4-9H2;1H. The Morgan fingerprint density at radius 1 is 1.10 bits per heavy atom. The summed E-state index contributed by atoms with van der Waals surface area (Å²) >= 11 is 0. The van der Waals surface area contributed by atoms with Gasteiger partial charge in [0, 0.05) is 0 Å². The molecule has 0 radical (unpaired) electrons. The van der Waals surface area contributed by atoms with Gasteiger partial charge in [-0.15, -0.1) is 12.4 Å². The summed E-state index contributed by atoms with van der Waals surface area (Å²) in [6.07, 6.45) is -0.899. The average molecular weight is 324 g/mol. The van der Waals surface area contributed by atoms with Gasteiger partial charge in [0.2, 0.25) is 0 Å². The molecule has 1 aliphatic carbocycles. The van der Waals surface area contributed by atoms with Gasteiger partial charge in [0.1, 0.15) is 5.82 Å². The van der Waals surface area contributed by atoms with E-state index >= 15 is 0 Å². The van der Waals surface area contributed by atoms with Gasteiger partial charge in [0.15, 0.2) is 0 Å². The molecule has 0 bridgehead atoms. The van der Waals surface area contributed by atoms with Crippen LogP contribution in [0.25, 0.3) is 0 Å². The summed E-state index contributed by atoms with van der Waals surface area (Å²) < 4.78 is 52.2. The van der Waals surface area contributed by atoms with Crippen molar-refractivity contribution in [2.75, 3.05) is 13.1 Å². The Hall–Kier alpha value is -0.810. The summed E-state index contributed by atoms with van der Waals surface area (Å²) in [5, 5.41) is 3.28. The quantitative estimate of drug-likeness (QED) is 0.750. The minimum atomic E-state index is -4.61. The third-order valence-corrected chi connectivity index (χ3v) is 4.80. The molecule has 1 aromatic rings. The van der Waals surface area contributed by atoms with Gasteiger partial charge in [-0.2, -0.15) is 13.2 Å². The van der Waals surface area contributed by atoms with E-state index in [1.54, 1.807) is 0 Å². The van der Waals surface area contributed by atoms with Gasteiger partial charge in [-0.25, -0.2) is 4.39 Å². The molecule has 6 heteroatoms. The van der Waals surface area contributed by atoms with E-state index in [0.717, 1.165) is 44.8 Å². The second-order valence-corrected chi connectivity index (χ2v) is 6.06. The fourth-order valence-corrected chi connectivity index (χ4v) is 3.65.